The molecule has 0 spiro atoms. The van der Waals surface area contributed by atoms with E-state index in [4.69, 9.17) is 18.6 Å². The predicted octanol–water partition coefficient (Wildman–Crippen LogP) is -0.323. The topological polar surface area (TPSA) is 240 Å². The molecule has 1 aromatic heterocycles. The maximum Gasteiger partial charge on any atom is 0.197 e. The van der Waals surface area contributed by atoms with Crippen molar-refractivity contribution in [3.8, 4) is 34.3 Å². The number of phenolic OH excluding ortho intramolecular Hbond substituents is 4. The fraction of sp³-hybridized carbons (Fsp3) is 0.444. The molecule has 9 N–H and O–H groups in total. The van der Waals surface area contributed by atoms with Gasteiger partial charge in [-0.25, -0.2) is 0 Å². The highest BCUT2D eigenvalue weighted by Crippen LogP contribution is 2.46. The standard InChI is InChI=1S/C27H30O14/c1-8-20(33)23(36)26(41-27-24(37)22(35)19(32)9(2)39-27)25(38-8)18-14(31)7-16-17(21(18)34)13(30)6-15(40-16)10-3-4-11(28)12(29)5-10/h3-9,19-20,22-29,31-37H,1-2H3/t8-,9+,19+,20-,22-,23+,24+,25+,26+,27+/m1/s1. The summed E-state index contributed by atoms with van der Waals surface area (Å²) in [5, 5.41) is 93.2. The second-order valence-corrected chi connectivity index (χ2v) is 10.2. The molecule has 5 rings (SSSR count). The molecule has 2 saturated heterocycles. The molecule has 0 saturated carbocycles. The highest BCUT2D eigenvalue weighted by Gasteiger charge is 2.50. The van der Waals surface area contributed by atoms with Gasteiger partial charge in [-0.1, -0.05) is 0 Å². The van der Waals surface area contributed by atoms with E-state index in [0.717, 1.165) is 18.2 Å². The van der Waals surface area contributed by atoms with Crippen molar-refractivity contribution >= 4 is 11.0 Å². The lowest BCUT2D eigenvalue weighted by atomic mass is 9.89. The van der Waals surface area contributed by atoms with E-state index in [1.807, 2.05) is 0 Å². The molecule has 0 radical (unpaired) electrons. The van der Waals surface area contributed by atoms with E-state index in [1.165, 1.54) is 26.0 Å². The molecule has 2 fully saturated rings. The van der Waals surface area contributed by atoms with Crippen LogP contribution in [-0.2, 0) is 14.2 Å². The fourth-order valence-corrected chi connectivity index (χ4v) is 5.11. The van der Waals surface area contributed by atoms with Gasteiger partial charge in [0.2, 0.25) is 0 Å². The molecule has 41 heavy (non-hydrogen) atoms. The molecule has 0 amide bonds. The zero-order valence-corrected chi connectivity index (χ0v) is 21.7. The summed E-state index contributed by atoms with van der Waals surface area (Å²) in [5.41, 5.74) is -1.20. The Morgan fingerprint density at radius 3 is 2.07 bits per heavy atom. The number of rotatable bonds is 4. The number of aliphatic hydroxyl groups excluding tert-OH is 5. The number of aliphatic hydroxyl groups is 5. The maximum absolute atomic E-state index is 13.1. The van der Waals surface area contributed by atoms with Crippen molar-refractivity contribution in [2.24, 2.45) is 0 Å². The zero-order chi connectivity index (χ0) is 29.9. The third kappa shape index (κ3) is 4.98. The first-order valence-corrected chi connectivity index (χ1v) is 12.7. The van der Waals surface area contributed by atoms with Crippen molar-refractivity contribution in [1.82, 2.24) is 0 Å². The van der Waals surface area contributed by atoms with Gasteiger partial charge in [-0.3, -0.25) is 4.79 Å². The Hall–Kier alpha value is -3.47. The Morgan fingerprint density at radius 2 is 1.39 bits per heavy atom. The molecule has 3 aromatic rings. The van der Waals surface area contributed by atoms with E-state index in [0.29, 0.717) is 0 Å². The molecule has 2 aromatic carbocycles. The third-order valence-electron chi connectivity index (χ3n) is 7.48. The number of hydrogen-bond donors (Lipinski definition) is 9. The monoisotopic (exact) mass is 578 g/mol. The summed E-state index contributed by atoms with van der Waals surface area (Å²) in [4.78, 5) is 13.1. The summed E-state index contributed by atoms with van der Waals surface area (Å²) in [6.07, 6.45) is -15.0. The SMILES string of the molecule is C[C@@H]1O[C@@H](O[C@H]2[C@@H](O)[C@H](O)[C@@H](C)O[C@H]2c2c(O)cc3oc(-c4ccc(O)c(O)c4)cc(=O)c3c2O)[C@@H](O)[C@H](O)[C@H]1O. The van der Waals surface area contributed by atoms with Crippen LogP contribution in [0.4, 0.5) is 0 Å². The van der Waals surface area contributed by atoms with Crippen LogP contribution < -0.4 is 5.43 Å². The van der Waals surface area contributed by atoms with E-state index >= 15 is 0 Å². The van der Waals surface area contributed by atoms with Gasteiger partial charge in [0.25, 0.3) is 0 Å². The summed E-state index contributed by atoms with van der Waals surface area (Å²) >= 11 is 0. The minimum Gasteiger partial charge on any atom is -0.507 e. The van der Waals surface area contributed by atoms with Gasteiger partial charge in [0.15, 0.2) is 23.2 Å². The summed E-state index contributed by atoms with van der Waals surface area (Å²) in [5.74, 6) is -2.34. The first kappa shape index (κ1) is 29.0. The normalized spacial score (nSPS) is 34.1. The van der Waals surface area contributed by atoms with E-state index < -0.39 is 95.2 Å². The van der Waals surface area contributed by atoms with Crippen molar-refractivity contribution in [2.45, 2.75) is 75.1 Å². The Morgan fingerprint density at radius 1 is 0.732 bits per heavy atom. The average molecular weight is 579 g/mol. The van der Waals surface area contributed by atoms with Gasteiger partial charge in [-0.2, -0.15) is 0 Å². The van der Waals surface area contributed by atoms with Gasteiger partial charge in [-0.15, -0.1) is 0 Å². The molecule has 2 aliphatic rings. The van der Waals surface area contributed by atoms with Gasteiger partial charge >= 0.3 is 0 Å². The van der Waals surface area contributed by atoms with Gasteiger partial charge in [0.05, 0.1) is 17.8 Å². The van der Waals surface area contributed by atoms with Crippen LogP contribution in [0.1, 0.15) is 25.5 Å². The van der Waals surface area contributed by atoms with Crippen LogP contribution in [0.15, 0.2) is 39.5 Å². The summed E-state index contributed by atoms with van der Waals surface area (Å²) in [6.45, 7) is 2.82. The predicted molar refractivity (Wildman–Crippen MR) is 137 cm³/mol. The largest absolute Gasteiger partial charge is 0.507 e. The quantitative estimate of drug-likeness (QED) is 0.180. The molecule has 222 valence electrons. The molecule has 14 nitrogen and oxygen atoms in total. The zero-order valence-electron chi connectivity index (χ0n) is 21.7. The average Bonchev–Trinajstić information content (AvgIpc) is 2.92. The fourth-order valence-electron chi connectivity index (χ4n) is 5.11. The Balaban J connectivity index is 1.58. The highest BCUT2D eigenvalue weighted by molar-refractivity contribution is 5.88. The van der Waals surface area contributed by atoms with Crippen LogP contribution in [0.2, 0.25) is 0 Å². The van der Waals surface area contributed by atoms with Crippen molar-refractivity contribution in [3.05, 3.63) is 46.1 Å². The summed E-state index contributed by atoms with van der Waals surface area (Å²) < 4.78 is 22.7. The van der Waals surface area contributed by atoms with Crippen molar-refractivity contribution in [2.75, 3.05) is 0 Å². The Bertz CT molecular complexity index is 1500. The second-order valence-electron chi connectivity index (χ2n) is 10.2. The molecule has 0 bridgehead atoms. The van der Waals surface area contributed by atoms with Gasteiger partial charge in [0, 0.05) is 17.7 Å². The second kappa shape index (κ2) is 10.7. The van der Waals surface area contributed by atoms with Crippen molar-refractivity contribution < 1.29 is 64.6 Å². The molecule has 10 atom stereocenters. The molecule has 3 heterocycles. The Kier molecular flexibility index (Phi) is 7.61. The number of ether oxygens (including phenoxy) is 3. The minimum atomic E-state index is -1.78. The van der Waals surface area contributed by atoms with E-state index in [-0.39, 0.29) is 22.3 Å². The summed E-state index contributed by atoms with van der Waals surface area (Å²) in [7, 11) is 0. The third-order valence-corrected chi connectivity index (χ3v) is 7.48. The number of benzene rings is 2. The highest BCUT2D eigenvalue weighted by atomic mass is 16.7. The Labute approximate surface area is 231 Å². The van der Waals surface area contributed by atoms with Crippen LogP contribution in [-0.4, -0.2) is 101 Å². The van der Waals surface area contributed by atoms with Crippen LogP contribution in [0.5, 0.6) is 23.0 Å². The maximum atomic E-state index is 13.1. The molecular weight excluding hydrogens is 548 g/mol. The lowest BCUT2D eigenvalue weighted by Crippen LogP contribution is -2.61. The lowest BCUT2D eigenvalue weighted by Gasteiger charge is -2.46. The van der Waals surface area contributed by atoms with Gasteiger partial charge < -0.3 is 64.6 Å². The first-order chi connectivity index (χ1) is 19.3. The van der Waals surface area contributed by atoms with Crippen molar-refractivity contribution in [3.63, 3.8) is 0 Å². The first-order valence-electron chi connectivity index (χ1n) is 12.7. The molecule has 2 aliphatic heterocycles. The van der Waals surface area contributed by atoms with Gasteiger partial charge in [-0.05, 0) is 32.0 Å². The molecular formula is C27H30O14. The molecule has 0 unspecified atom stereocenters. The van der Waals surface area contributed by atoms with E-state index in [2.05, 4.69) is 0 Å². The van der Waals surface area contributed by atoms with Crippen LogP contribution >= 0.6 is 0 Å². The molecule has 0 aliphatic carbocycles. The lowest BCUT2D eigenvalue weighted by molar-refractivity contribution is -0.336. The van der Waals surface area contributed by atoms with Crippen LogP contribution in [0, 0.1) is 0 Å². The number of phenols is 4. The van der Waals surface area contributed by atoms with Gasteiger partial charge in [0.1, 0.15) is 71.0 Å². The van der Waals surface area contributed by atoms with Crippen molar-refractivity contribution in [1.29, 1.82) is 0 Å². The number of fused-ring (bicyclic) bond motifs is 1. The summed E-state index contributed by atoms with van der Waals surface area (Å²) in [6, 6.07) is 5.75. The van der Waals surface area contributed by atoms with Crippen LogP contribution in [0.3, 0.4) is 0 Å². The van der Waals surface area contributed by atoms with Crippen LogP contribution in [0.25, 0.3) is 22.3 Å². The van der Waals surface area contributed by atoms with E-state index in [9.17, 15) is 50.8 Å². The minimum absolute atomic E-state index is 0.0510. The van der Waals surface area contributed by atoms with E-state index in [1.54, 1.807) is 0 Å². The number of hydrogen-bond acceptors (Lipinski definition) is 14. The molecule has 14 heteroatoms. The smallest absolute Gasteiger partial charge is 0.197 e. The number of aromatic hydroxyl groups is 4.